The fraction of sp³-hybridized carbons (Fsp3) is 0.333. The van der Waals surface area contributed by atoms with E-state index in [1.807, 2.05) is 39.0 Å². The lowest BCUT2D eigenvalue weighted by Crippen LogP contribution is -2.18. The second-order valence-electron chi connectivity index (χ2n) is 7.00. The predicted octanol–water partition coefficient (Wildman–Crippen LogP) is 5.68. The summed E-state index contributed by atoms with van der Waals surface area (Å²) in [5.74, 6) is -0.283. The number of anilines is 1. The van der Waals surface area contributed by atoms with Gasteiger partial charge in [-0.05, 0) is 36.1 Å². The first-order chi connectivity index (χ1) is 13.2. The first-order valence-electron chi connectivity index (χ1n) is 9.20. The van der Waals surface area contributed by atoms with Crippen LogP contribution in [0.4, 0.5) is 18.9 Å². The Morgan fingerprint density at radius 3 is 2.54 bits per heavy atom. The minimum Gasteiger partial charge on any atom is -0.320 e. The first-order valence-corrected chi connectivity index (χ1v) is 9.20. The predicted molar refractivity (Wildman–Crippen MR) is 103 cm³/mol. The monoisotopic (exact) mass is 389 g/mol. The van der Waals surface area contributed by atoms with Crippen LogP contribution >= 0.6 is 0 Å². The van der Waals surface area contributed by atoms with E-state index >= 15 is 0 Å². The van der Waals surface area contributed by atoms with Crippen LogP contribution in [0.25, 0.3) is 5.65 Å². The zero-order chi connectivity index (χ0) is 20.5. The third-order valence-electron chi connectivity index (χ3n) is 4.55. The minimum atomic E-state index is -4.50. The molecule has 7 heteroatoms. The molecule has 28 heavy (non-hydrogen) atoms. The lowest BCUT2D eigenvalue weighted by Gasteiger charge is -2.14. The van der Waals surface area contributed by atoms with Gasteiger partial charge in [0, 0.05) is 11.9 Å². The number of carbonyl (C=O) groups is 1. The molecule has 0 saturated heterocycles. The SMILES string of the molecule is CCCc1nc2ccc(C(F)(F)F)cn2c1C(=O)Nc1ccccc1C(C)C. The van der Waals surface area contributed by atoms with Crippen molar-refractivity contribution in [3.05, 3.63) is 65.1 Å². The quantitative estimate of drug-likeness (QED) is 0.610. The smallest absolute Gasteiger partial charge is 0.320 e. The van der Waals surface area contributed by atoms with E-state index in [9.17, 15) is 18.0 Å². The van der Waals surface area contributed by atoms with E-state index in [0.29, 0.717) is 23.4 Å². The summed E-state index contributed by atoms with van der Waals surface area (Å²) in [6, 6.07) is 9.68. The van der Waals surface area contributed by atoms with Gasteiger partial charge in [0.25, 0.3) is 5.91 Å². The molecule has 0 aliphatic heterocycles. The van der Waals surface area contributed by atoms with E-state index in [1.54, 1.807) is 6.07 Å². The second-order valence-corrected chi connectivity index (χ2v) is 7.00. The van der Waals surface area contributed by atoms with Crippen LogP contribution in [0.2, 0.25) is 0 Å². The van der Waals surface area contributed by atoms with Gasteiger partial charge in [0.2, 0.25) is 0 Å². The largest absolute Gasteiger partial charge is 0.417 e. The topological polar surface area (TPSA) is 46.4 Å². The van der Waals surface area contributed by atoms with Gasteiger partial charge < -0.3 is 5.32 Å². The summed E-state index contributed by atoms with van der Waals surface area (Å²) in [5.41, 5.74) is 1.73. The Morgan fingerprint density at radius 1 is 1.18 bits per heavy atom. The molecule has 1 aromatic carbocycles. The Hall–Kier alpha value is -2.83. The van der Waals surface area contributed by atoms with Crippen LogP contribution in [0.15, 0.2) is 42.6 Å². The number of imidazole rings is 1. The number of hydrogen-bond donors (Lipinski definition) is 1. The van der Waals surface area contributed by atoms with Crippen molar-refractivity contribution in [1.82, 2.24) is 9.38 Å². The number of benzene rings is 1. The number of amides is 1. The van der Waals surface area contributed by atoms with Crippen LogP contribution in [-0.4, -0.2) is 15.3 Å². The molecule has 0 aliphatic carbocycles. The van der Waals surface area contributed by atoms with Gasteiger partial charge in [-0.15, -0.1) is 0 Å². The number of hydrogen-bond acceptors (Lipinski definition) is 2. The molecular formula is C21H22F3N3O. The second kappa shape index (κ2) is 7.66. The lowest BCUT2D eigenvalue weighted by molar-refractivity contribution is -0.137. The van der Waals surface area contributed by atoms with E-state index in [2.05, 4.69) is 10.3 Å². The summed E-state index contributed by atoms with van der Waals surface area (Å²) in [4.78, 5) is 17.4. The third kappa shape index (κ3) is 3.88. The Labute approximate surface area is 161 Å². The summed E-state index contributed by atoms with van der Waals surface area (Å²) in [7, 11) is 0. The molecule has 0 spiro atoms. The van der Waals surface area contributed by atoms with Crippen LogP contribution in [0, 0.1) is 0 Å². The number of rotatable bonds is 5. The van der Waals surface area contributed by atoms with Crippen molar-refractivity contribution in [1.29, 1.82) is 0 Å². The minimum absolute atomic E-state index is 0.140. The normalized spacial score (nSPS) is 12.0. The summed E-state index contributed by atoms with van der Waals surface area (Å²) < 4.78 is 40.7. The highest BCUT2D eigenvalue weighted by molar-refractivity contribution is 6.05. The molecule has 3 aromatic rings. The molecule has 0 aliphatic rings. The maximum atomic E-state index is 13.2. The summed E-state index contributed by atoms with van der Waals surface area (Å²) >= 11 is 0. The van der Waals surface area contributed by atoms with Gasteiger partial charge in [0.15, 0.2) is 0 Å². The van der Waals surface area contributed by atoms with Crippen LogP contribution in [0.5, 0.6) is 0 Å². The number of nitrogens with one attached hydrogen (secondary N) is 1. The molecule has 0 atom stereocenters. The van der Waals surface area contributed by atoms with Gasteiger partial charge in [-0.25, -0.2) is 4.98 Å². The Balaban J connectivity index is 2.09. The number of aryl methyl sites for hydroxylation is 1. The number of halogens is 3. The van der Waals surface area contributed by atoms with E-state index in [0.717, 1.165) is 24.2 Å². The summed E-state index contributed by atoms with van der Waals surface area (Å²) in [6.45, 7) is 5.95. The van der Waals surface area contributed by atoms with Gasteiger partial charge in [0.05, 0.1) is 11.3 Å². The van der Waals surface area contributed by atoms with Crippen molar-refractivity contribution < 1.29 is 18.0 Å². The number of nitrogens with zero attached hydrogens (tertiary/aromatic N) is 2. The molecule has 1 N–H and O–H groups in total. The van der Waals surface area contributed by atoms with Gasteiger partial charge >= 0.3 is 6.18 Å². The standard InChI is InChI=1S/C21H22F3N3O/c1-4-7-17-19(20(28)26-16-9-6-5-8-15(16)13(2)3)27-12-14(21(22,23)24)10-11-18(27)25-17/h5-6,8-13H,4,7H2,1-3H3,(H,26,28). The number of carbonyl (C=O) groups excluding carboxylic acids is 1. The van der Waals surface area contributed by atoms with Crippen LogP contribution < -0.4 is 5.32 Å². The van der Waals surface area contributed by atoms with Crippen molar-refractivity contribution in [3.63, 3.8) is 0 Å². The zero-order valence-electron chi connectivity index (χ0n) is 16.0. The zero-order valence-corrected chi connectivity index (χ0v) is 16.0. The van der Waals surface area contributed by atoms with Gasteiger partial charge in [-0.1, -0.05) is 45.4 Å². The van der Waals surface area contributed by atoms with Crippen molar-refractivity contribution in [2.24, 2.45) is 0 Å². The fourth-order valence-corrected chi connectivity index (χ4v) is 3.21. The van der Waals surface area contributed by atoms with Crippen LogP contribution in [-0.2, 0) is 12.6 Å². The van der Waals surface area contributed by atoms with Gasteiger partial charge in [0.1, 0.15) is 11.3 Å². The van der Waals surface area contributed by atoms with Crippen LogP contribution in [0.3, 0.4) is 0 Å². The maximum Gasteiger partial charge on any atom is 0.417 e. The molecule has 3 rings (SSSR count). The lowest BCUT2D eigenvalue weighted by atomic mass is 10.0. The third-order valence-corrected chi connectivity index (χ3v) is 4.55. The molecule has 148 valence electrons. The van der Waals surface area contributed by atoms with E-state index in [1.165, 1.54) is 10.5 Å². The highest BCUT2D eigenvalue weighted by Gasteiger charge is 2.32. The number of aromatic nitrogens is 2. The summed E-state index contributed by atoms with van der Waals surface area (Å²) in [6.07, 6.45) is -2.34. The van der Waals surface area contributed by atoms with Crippen molar-refractivity contribution >= 4 is 17.2 Å². The van der Waals surface area contributed by atoms with Crippen molar-refractivity contribution in [2.45, 2.75) is 45.7 Å². The summed E-state index contributed by atoms with van der Waals surface area (Å²) in [5, 5.41) is 2.86. The molecule has 0 saturated carbocycles. The molecule has 1 amide bonds. The van der Waals surface area contributed by atoms with E-state index in [4.69, 9.17) is 0 Å². The first kappa shape index (κ1) is 19.9. The molecule has 4 nitrogen and oxygen atoms in total. The van der Waals surface area contributed by atoms with Gasteiger partial charge in [-0.2, -0.15) is 13.2 Å². The average Bonchev–Trinajstić information content (AvgIpc) is 2.98. The highest BCUT2D eigenvalue weighted by atomic mass is 19.4. The molecule has 0 fully saturated rings. The number of alkyl halides is 3. The molecule has 2 aromatic heterocycles. The van der Waals surface area contributed by atoms with Crippen LogP contribution in [0.1, 0.15) is 60.4 Å². The number of para-hydroxylation sites is 1. The van der Waals surface area contributed by atoms with E-state index < -0.39 is 17.6 Å². The number of fused-ring (bicyclic) bond motifs is 1. The maximum absolute atomic E-state index is 13.2. The Morgan fingerprint density at radius 2 is 1.89 bits per heavy atom. The molecule has 0 unspecified atom stereocenters. The molecule has 0 radical (unpaired) electrons. The van der Waals surface area contributed by atoms with Crippen molar-refractivity contribution in [2.75, 3.05) is 5.32 Å². The highest BCUT2D eigenvalue weighted by Crippen LogP contribution is 2.30. The fourth-order valence-electron chi connectivity index (χ4n) is 3.21. The van der Waals surface area contributed by atoms with E-state index in [-0.39, 0.29) is 11.6 Å². The Bertz CT molecular complexity index is 1010. The van der Waals surface area contributed by atoms with Gasteiger partial charge in [-0.3, -0.25) is 9.20 Å². The Kier molecular flexibility index (Phi) is 5.45. The number of pyridine rings is 1. The average molecular weight is 389 g/mol. The molecular weight excluding hydrogens is 367 g/mol. The molecule has 0 bridgehead atoms. The molecule has 2 heterocycles. The van der Waals surface area contributed by atoms with Crippen molar-refractivity contribution in [3.8, 4) is 0 Å².